The monoisotopic (exact) mass is 274 g/mol. The maximum Gasteiger partial charge on any atom is 0.325 e. The van der Waals surface area contributed by atoms with Crippen molar-refractivity contribution in [2.75, 3.05) is 54.1 Å². The number of rotatable bonds is 11. The van der Waals surface area contributed by atoms with Crippen LogP contribution in [-0.4, -0.2) is 75.6 Å². The molecular weight excluding hydrogens is 248 g/mol. The number of nitrogens with zero attached hydrogens (tertiary/aromatic N) is 1. The zero-order valence-electron chi connectivity index (χ0n) is 12.1. The lowest BCUT2D eigenvalue weighted by molar-refractivity contribution is -0.147. The first kappa shape index (κ1) is 16.4. The van der Waals surface area contributed by atoms with Gasteiger partial charge in [-0.1, -0.05) is 0 Å². The predicted octanol–water partition coefficient (Wildman–Crippen LogP) is 0.0340. The highest BCUT2D eigenvalue weighted by Crippen LogP contribution is 2.40. The number of hydrogen-bond donors (Lipinski definition) is 2. The first-order chi connectivity index (χ1) is 9.10. The average Bonchev–Trinajstić information content (AvgIpc) is 3.22. The molecule has 0 aliphatic heterocycles. The molecule has 2 N–H and O–H groups in total. The van der Waals surface area contributed by atoms with Crippen LogP contribution < -0.4 is 5.32 Å². The van der Waals surface area contributed by atoms with Crippen molar-refractivity contribution in [3.05, 3.63) is 0 Å². The first-order valence-corrected chi connectivity index (χ1v) is 6.73. The number of hydrogen-bond acceptors (Lipinski definition) is 5. The largest absolute Gasteiger partial charge is 0.480 e. The Hall–Kier alpha value is -0.690. The van der Waals surface area contributed by atoms with Gasteiger partial charge in [0.25, 0.3) is 0 Å². The maximum absolute atomic E-state index is 11.7. The molecule has 6 heteroatoms. The van der Waals surface area contributed by atoms with E-state index >= 15 is 0 Å². The Balaban J connectivity index is 2.68. The summed E-state index contributed by atoms with van der Waals surface area (Å²) < 4.78 is 10.2. The number of nitrogens with one attached hydrogen (secondary N) is 1. The standard InChI is InChI=1S/C13H26N2O4/c1-14-13(12(16)17,11-4-5-11)10-15(6-8-18-2)7-9-19-3/h11,14H,4-10H2,1-3H3,(H,16,17). The lowest BCUT2D eigenvalue weighted by Gasteiger charge is -2.35. The van der Waals surface area contributed by atoms with E-state index in [1.54, 1.807) is 21.3 Å². The molecule has 1 atom stereocenters. The van der Waals surface area contributed by atoms with Crippen LogP contribution >= 0.6 is 0 Å². The van der Waals surface area contributed by atoms with Crippen molar-refractivity contribution in [1.82, 2.24) is 10.2 Å². The fourth-order valence-corrected chi connectivity index (χ4v) is 2.40. The van der Waals surface area contributed by atoms with Crippen LogP contribution in [0.4, 0.5) is 0 Å². The van der Waals surface area contributed by atoms with Gasteiger partial charge in [-0.3, -0.25) is 9.69 Å². The van der Waals surface area contributed by atoms with Gasteiger partial charge in [-0.15, -0.1) is 0 Å². The Morgan fingerprint density at radius 2 is 1.84 bits per heavy atom. The quantitative estimate of drug-likeness (QED) is 0.554. The van der Waals surface area contributed by atoms with E-state index in [1.807, 2.05) is 0 Å². The number of ether oxygens (including phenoxy) is 2. The van der Waals surface area contributed by atoms with E-state index < -0.39 is 11.5 Å². The van der Waals surface area contributed by atoms with Crippen molar-refractivity contribution in [1.29, 1.82) is 0 Å². The van der Waals surface area contributed by atoms with Crippen LogP contribution in [0.1, 0.15) is 12.8 Å². The summed E-state index contributed by atoms with van der Waals surface area (Å²) in [6.07, 6.45) is 1.96. The molecule has 0 amide bonds. The second-order valence-corrected chi connectivity index (χ2v) is 5.06. The van der Waals surface area contributed by atoms with Crippen LogP contribution in [0.15, 0.2) is 0 Å². The van der Waals surface area contributed by atoms with E-state index in [9.17, 15) is 9.90 Å². The summed E-state index contributed by atoms with van der Waals surface area (Å²) in [5.41, 5.74) is -0.846. The SMILES string of the molecule is CNC(CN(CCOC)CCOC)(C(=O)O)C1CC1. The smallest absolute Gasteiger partial charge is 0.325 e. The van der Waals surface area contributed by atoms with Crippen LogP contribution in [0.3, 0.4) is 0 Å². The minimum Gasteiger partial charge on any atom is -0.480 e. The lowest BCUT2D eigenvalue weighted by atomic mass is 9.92. The van der Waals surface area contributed by atoms with E-state index in [-0.39, 0.29) is 5.92 Å². The van der Waals surface area contributed by atoms with Gasteiger partial charge in [-0.2, -0.15) is 0 Å². The molecule has 0 spiro atoms. The normalized spacial score (nSPS) is 18.5. The van der Waals surface area contributed by atoms with Crippen LogP contribution in [-0.2, 0) is 14.3 Å². The third-order valence-corrected chi connectivity index (χ3v) is 3.80. The van der Waals surface area contributed by atoms with E-state index in [0.717, 1.165) is 12.8 Å². The molecule has 19 heavy (non-hydrogen) atoms. The average molecular weight is 274 g/mol. The highest BCUT2D eigenvalue weighted by Gasteiger charge is 2.50. The van der Waals surface area contributed by atoms with E-state index in [1.165, 1.54) is 0 Å². The van der Waals surface area contributed by atoms with Crippen molar-refractivity contribution < 1.29 is 19.4 Å². The molecule has 112 valence electrons. The Labute approximate surface area is 115 Å². The van der Waals surface area contributed by atoms with Gasteiger partial charge in [0.15, 0.2) is 0 Å². The van der Waals surface area contributed by atoms with Gasteiger partial charge in [0.2, 0.25) is 0 Å². The van der Waals surface area contributed by atoms with Crippen LogP contribution in [0.25, 0.3) is 0 Å². The van der Waals surface area contributed by atoms with Gasteiger partial charge >= 0.3 is 5.97 Å². The minimum absolute atomic E-state index is 0.225. The first-order valence-electron chi connectivity index (χ1n) is 6.73. The van der Waals surface area contributed by atoms with Gasteiger partial charge in [-0.05, 0) is 25.8 Å². The molecule has 1 aliphatic rings. The maximum atomic E-state index is 11.7. The molecular formula is C13H26N2O4. The second-order valence-electron chi connectivity index (χ2n) is 5.06. The van der Waals surface area contributed by atoms with Crippen molar-refractivity contribution in [2.45, 2.75) is 18.4 Å². The van der Waals surface area contributed by atoms with Crippen molar-refractivity contribution >= 4 is 5.97 Å². The molecule has 0 saturated heterocycles. The molecule has 0 heterocycles. The predicted molar refractivity (Wildman–Crippen MR) is 72.3 cm³/mol. The summed E-state index contributed by atoms with van der Waals surface area (Å²) in [6, 6.07) is 0. The Kier molecular flexibility index (Phi) is 6.71. The lowest BCUT2D eigenvalue weighted by Crippen LogP contribution is -2.60. The van der Waals surface area contributed by atoms with Crippen LogP contribution in [0, 0.1) is 5.92 Å². The summed E-state index contributed by atoms with van der Waals surface area (Å²) in [7, 11) is 5.03. The van der Waals surface area contributed by atoms with Gasteiger partial charge in [0, 0.05) is 33.9 Å². The molecule has 0 bridgehead atoms. The fraction of sp³-hybridized carbons (Fsp3) is 0.923. The summed E-state index contributed by atoms with van der Waals surface area (Å²) in [6.45, 7) is 3.09. The van der Waals surface area contributed by atoms with E-state index in [2.05, 4.69) is 10.2 Å². The summed E-state index contributed by atoms with van der Waals surface area (Å²) in [4.78, 5) is 13.8. The number of likely N-dealkylation sites (N-methyl/N-ethyl adjacent to an activating group) is 1. The zero-order valence-corrected chi connectivity index (χ0v) is 12.1. The summed E-state index contributed by atoms with van der Waals surface area (Å²) in [5.74, 6) is -0.542. The summed E-state index contributed by atoms with van der Waals surface area (Å²) >= 11 is 0. The van der Waals surface area contributed by atoms with Gasteiger partial charge in [0.05, 0.1) is 13.2 Å². The summed E-state index contributed by atoms with van der Waals surface area (Å²) in [5, 5.41) is 12.6. The van der Waals surface area contributed by atoms with Crippen LogP contribution in [0.5, 0.6) is 0 Å². The molecule has 6 nitrogen and oxygen atoms in total. The molecule has 0 aromatic carbocycles. The van der Waals surface area contributed by atoms with Crippen molar-refractivity contribution in [3.8, 4) is 0 Å². The van der Waals surface area contributed by atoms with E-state index in [4.69, 9.17) is 9.47 Å². The Morgan fingerprint density at radius 1 is 1.32 bits per heavy atom. The van der Waals surface area contributed by atoms with Crippen molar-refractivity contribution in [2.24, 2.45) is 5.92 Å². The fourth-order valence-electron chi connectivity index (χ4n) is 2.40. The number of carbonyl (C=O) groups is 1. The number of carboxylic acids is 1. The molecule has 1 aliphatic carbocycles. The van der Waals surface area contributed by atoms with Gasteiger partial charge in [0.1, 0.15) is 5.54 Å². The molecule has 1 saturated carbocycles. The second kappa shape index (κ2) is 7.79. The third kappa shape index (κ3) is 4.42. The minimum atomic E-state index is -0.846. The van der Waals surface area contributed by atoms with Crippen LogP contribution in [0.2, 0.25) is 0 Å². The van der Waals surface area contributed by atoms with Gasteiger partial charge in [-0.25, -0.2) is 0 Å². The number of carboxylic acid groups (broad SMARTS) is 1. The molecule has 1 rings (SSSR count). The van der Waals surface area contributed by atoms with Crippen molar-refractivity contribution in [3.63, 3.8) is 0 Å². The highest BCUT2D eigenvalue weighted by molar-refractivity contribution is 5.80. The Morgan fingerprint density at radius 3 is 2.16 bits per heavy atom. The number of methoxy groups -OCH3 is 2. The third-order valence-electron chi connectivity index (χ3n) is 3.80. The van der Waals surface area contributed by atoms with E-state index in [0.29, 0.717) is 32.8 Å². The van der Waals surface area contributed by atoms with Gasteiger partial charge < -0.3 is 19.9 Å². The molecule has 1 unspecified atom stereocenters. The highest BCUT2D eigenvalue weighted by atomic mass is 16.5. The topological polar surface area (TPSA) is 71.0 Å². The molecule has 0 aromatic heterocycles. The number of aliphatic carboxylic acids is 1. The molecule has 0 aromatic rings. The zero-order chi connectivity index (χ0) is 14.3. The molecule has 0 radical (unpaired) electrons. The Bertz CT molecular complexity index is 276. The molecule has 1 fully saturated rings.